The lowest BCUT2D eigenvalue weighted by Crippen LogP contribution is -2.41. The van der Waals surface area contributed by atoms with Crippen molar-refractivity contribution in [1.29, 1.82) is 0 Å². The molecule has 0 atom stereocenters. The first-order valence-electron chi connectivity index (χ1n) is 8.00. The summed E-state index contributed by atoms with van der Waals surface area (Å²) < 4.78 is 8.47. The Morgan fingerprint density at radius 1 is 1.40 bits per heavy atom. The fourth-order valence-electron chi connectivity index (χ4n) is 2.19. The van der Waals surface area contributed by atoms with Gasteiger partial charge in [-0.1, -0.05) is 20.8 Å². The summed E-state index contributed by atoms with van der Waals surface area (Å²) >= 11 is 3.28. The van der Waals surface area contributed by atoms with E-state index in [0.29, 0.717) is 23.3 Å². The minimum atomic E-state index is -1.90. The molecule has 0 radical (unpaired) electrons. The van der Waals surface area contributed by atoms with Gasteiger partial charge in [0, 0.05) is 23.4 Å². The van der Waals surface area contributed by atoms with Crippen molar-refractivity contribution >= 4 is 41.3 Å². The number of hydrogen-bond donors (Lipinski definition) is 1. The average Bonchev–Trinajstić information content (AvgIpc) is 2.48. The molecule has 0 saturated carbocycles. The smallest absolute Gasteiger partial charge is 0.341 e. The number of aromatic nitrogens is 2. The van der Waals surface area contributed by atoms with Gasteiger partial charge in [-0.3, -0.25) is 4.79 Å². The molecular formula is C17H23BrN2O4Si. The molecule has 0 bridgehead atoms. The summed E-state index contributed by atoms with van der Waals surface area (Å²) in [5.74, 6) is -1.24. The average molecular weight is 427 g/mol. The number of carboxylic acid groups (broad SMARTS) is 1. The summed E-state index contributed by atoms with van der Waals surface area (Å²) in [4.78, 5) is 28.0. The van der Waals surface area contributed by atoms with E-state index in [-0.39, 0.29) is 16.0 Å². The highest BCUT2D eigenvalue weighted by Crippen LogP contribution is 2.36. The fraction of sp³-hybridized carbons (Fsp3) is 0.471. The second-order valence-corrected chi connectivity index (χ2v) is 13.2. The Morgan fingerprint density at radius 2 is 2.04 bits per heavy atom. The van der Waals surface area contributed by atoms with Crippen LogP contribution in [-0.2, 0) is 11.0 Å². The Bertz CT molecular complexity index is 871. The second-order valence-electron chi connectivity index (χ2n) is 7.50. The SMILES string of the molecule is CC(C)(C)[Si](C)(C)OCCn1cc(C(=O)O)c(=O)c2cc(Br)cnc21. The van der Waals surface area contributed by atoms with E-state index in [0.717, 1.165) is 0 Å². The Kier molecular flexibility index (Phi) is 5.55. The van der Waals surface area contributed by atoms with Crippen LogP contribution in [0.2, 0.25) is 18.1 Å². The molecule has 0 aliphatic carbocycles. The van der Waals surface area contributed by atoms with Gasteiger partial charge in [0.15, 0.2) is 8.32 Å². The number of hydrogen-bond acceptors (Lipinski definition) is 4. The zero-order valence-electron chi connectivity index (χ0n) is 15.1. The first kappa shape index (κ1) is 19.8. The fourth-order valence-corrected chi connectivity index (χ4v) is 3.55. The van der Waals surface area contributed by atoms with E-state index in [4.69, 9.17) is 4.43 Å². The second kappa shape index (κ2) is 7.01. The lowest BCUT2D eigenvalue weighted by Gasteiger charge is -2.36. The Hall–Kier alpha value is -1.51. The summed E-state index contributed by atoms with van der Waals surface area (Å²) in [6.45, 7) is 11.7. The van der Waals surface area contributed by atoms with Crippen LogP contribution in [-0.4, -0.2) is 35.6 Å². The van der Waals surface area contributed by atoms with Crippen molar-refractivity contribution in [3.63, 3.8) is 0 Å². The predicted molar refractivity (Wildman–Crippen MR) is 104 cm³/mol. The molecular weight excluding hydrogens is 404 g/mol. The van der Waals surface area contributed by atoms with Crippen molar-refractivity contribution in [1.82, 2.24) is 9.55 Å². The molecule has 0 unspecified atom stereocenters. The molecule has 25 heavy (non-hydrogen) atoms. The lowest BCUT2D eigenvalue weighted by molar-refractivity contribution is 0.0694. The van der Waals surface area contributed by atoms with Gasteiger partial charge in [0.2, 0.25) is 5.43 Å². The van der Waals surface area contributed by atoms with E-state index in [1.807, 2.05) is 0 Å². The monoisotopic (exact) mass is 426 g/mol. The van der Waals surface area contributed by atoms with Crippen LogP contribution in [0.4, 0.5) is 0 Å². The number of aromatic carboxylic acids is 1. The van der Waals surface area contributed by atoms with Gasteiger partial charge in [0.25, 0.3) is 0 Å². The molecule has 0 saturated heterocycles. The minimum Gasteiger partial charge on any atom is -0.477 e. The lowest BCUT2D eigenvalue weighted by atomic mass is 10.2. The molecule has 0 aliphatic rings. The summed E-state index contributed by atoms with van der Waals surface area (Å²) in [6.07, 6.45) is 2.94. The molecule has 2 aromatic heterocycles. The maximum Gasteiger partial charge on any atom is 0.341 e. The first-order chi connectivity index (χ1) is 11.4. The maximum absolute atomic E-state index is 12.4. The largest absolute Gasteiger partial charge is 0.477 e. The number of rotatable bonds is 5. The van der Waals surface area contributed by atoms with E-state index in [2.05, 4.69) is 54.8 Å². The topological polar surface area (TPSA) is 81.4 Å². The molecule has 2 aromatic rings. The Balaban J connectivity index is 2.40. The molecule has 2 rings (SSSR count). The van der Waals surface area contributed by atoms with Crippen molar-refractivity contribution in [2.24, 2.45) is 0 Å². The third kappa shape index (κ3) is 4.19. The van der Waals surface area contributed by atoms with E-state index in [1.54, 1.807) is 16.8 Å². The highest BCUT2D eigenvalue weighted by Gasteiger charge is 2.36. The van der Waals surface area contributed by atoms with Gasteiger partial charge in [-0.25, -0.2) is 9.78 Å². The third-order valence-electron chi connectivity index (χ3n) is 4.71. The van der Waals surface area contributed by atoms with Gasteiger partial charge in [-0.05, 0) is 40.1 Å². The molecule has 0 amide bonds. The summed E-state index contributed by atoms with van der Waals surface area (Å²) in [6, 6.07) is 1.60. The summed E-state index contributed by atoms with van der Waals surface area (Å²) in [5.41, 5.74) is -0.338. The molecule has 0 aromatic carbocycles. The summed E-state index contributed by atoms with van der Waals surface area (Å²) in [5, 5.41) is 9.68. The molecule has 136 valence electrons. The van der Waals surface area contributed by atoms with Gasteiger partial charge in [0.05, 0.1) is 12.0 Å². The molecule has 6 nitrogen and oxygen atoms in total. The molecule has 1 N–H and O–H groups in total. The number of fused-ring (bicyclic) bond motifs is 1. The first-order valence-corrected chi connectivity index (χ1v) is 11.7. The number of nitrogens with zero attached hydrogens (tertiary/aromatic N) is 2. The zero-order chi connectivity index (χ0) is 19.0. The molecule has 0 spiro atoms. The predicted octanol–water partition coefficient (Wildman–Crippen LogP) is 3.88. The van der Waals surface area contributed by atoms with Crippen molar-refractivity contribution in [2.75, 3.05) is 6.61 Å². The van der Waals surface area contributed by atoms with Crippen LogP contribution in [0, 0.1) is 0 Å². The number of halogens is 1. The van der Waals surface area contributed by atoms with Gasteiger partial charge < -0.3 is 14.1 Å². The standard InChI is InChI=1S/C17H23BrN2O4Si/c1-17(2,3)25(4,5)24-7-6-20-10-13(16(22)23)14(21)12-8-11(18)9-19-15(12)20/h8-10H,6-7H2,1-5H3,(H,22,23). The number of carbonyl (C=O) groups is 1. The van der Waals surface area contributed by atoms with Crippen LogP contribution in [0.1, 0.15) is 31.1 Å². The van der Waals surface area contributed by atoms with E-state index >= 15 is 0 Å². The van der Waals surface area contributed by atoms with Crippen molar-refractivity contribution in [2.45, 2.75) is 45.4 Å². The van der Waals surface area contributed by atoms with E-state index < -0.39 is 19.7 Å². The zero-order valence-corrected chi connectivity index (χ0v) is 17.7. The number of pyridine rings is 2. The third-order valence-corrected chi connectivity index (χ3v) is 9.68. The normalized spacial score (nSPS) is 12.6. The van der Waals surface area contributed by atoms with Gasteiger partial charge in [-0.15, -0.1) is 0 Å². The quantitative estimate of drug-likeness (QED) is 0.733. The molecule has 8 heteroatoms. The van der Waals surface area contributed by atoms with Gasteiger partial charge >= 0.3 is 5.97 Å². The molecule has 0 fully saturated rings. The Morgan fingerprint density at radius 3 is 2.60 bits per heavy atom. The number of carboxylic acids is 1. The van der Waals surface area contributed by atoms with Gasteiger partial charge in [0.1, 0.15) is 11.2 Å². The molecule has 0 aliphatic heterocycles. The van der Waals surface area contributed by atoms with Crippen LogP contribution >= 0.6 is 15.9 Å². The van der Waals surface area contributed by atoms with Crippen LogP contribution < -0.4 is 5.43 Å². The van der Waals surface area contributed by atoms with Crippen LogP contribution in [0.15, 0.2) is 27.7 Å². The van der Waals surface area contributed by atoms with Gasteiger partial charge in [-0.2, -0.15) is 0 Å². The van der Waals surface area contributed by atoms with E-state index in [1.165, 1.54) is 6.20 Å². The Labute approximate surface area is 156 Å². The minimum absolute atomic E-state index is 0.0912. The van der Waals surface area contributed by atoms with Crippen LogP contribution in [0.5, 0.6) is 0 Å². The maximum atomic E-state index is 12.4. The van der Waals surface area contributed by atoms with Crippen molar-refractivity contribution in [3.8, 4) is 0 Å². The van der Waals surface area contributed by atoms with E-state index in [9.17, 15) is 14.7 Å². The van der Waals surface area contributed by atoms with Crippen LogP contribution in [0.25, 0.3) is 11.0 Å². The molecule has 2 heterocycles. The van der Waals surface area contributed by atoms with Crippen LogP contribution in [0.3, 0.4) is 0 Å². The highest BCUT2D eigenvalue weighted by atomic mass is 79.9. The highest BCUT2D eigenvalue weighted by molar-refractivity contribution is 9.10. The van der Waals surface area contributed by atoms with Crippen molar-refractivity contribution in [3.05, 3.63) is 38.7 Å². The summed E-state index contributed by atoms with van der Waals surface area (Å²) in [7, 11) is -1.90. The van der Waals surface area contributed by atoms with Crippen molar-refractivity contribution < 1.29 is 14.3 Å².